The Morgan fingerprint density at radius 1 is 1.33 bits per heavy atom. The van der Waals surface area contributed by atoms with Crippen molar-refractivity contribution in [1.29, 1.82) is 0 Å². The first-order valence-corrected chi connectivity index (χ1v) is 6.54. The van der Waals surface area contributed by atoms with Crippen molar-refractivity contribution in [3.05, 3.63) is 24.0 Å². The predicted molar refractivity (Wildman–Crippen MR) is 67.1 cm³/mol. The number of fused-ring (bicyclic) bond motifs is 2. The molecule has 5 heteroatoms. The Hall–Kier alpha value is -1.49. The molecule has 0 aliphatic carbocycles. The Morgan fingerprint density at radius 2 is 2.06 bits per heavy atom. The lowest BCUT2D eigenvalue weighted by Crippen LogP contribution is -2.48. The lowest BCUT2D eigenvalue weighted by Gasteiger charge is -2.35. The molecule has 3 rings (SSSR count). The van der Waals surface area contributed by atoms with E-state index in [0.29, 0.717) is 23.7 Å². The third-order valence-corrected chi connectivity index (χ3v) is 4.15. The fourth-order valence-corrected chi connectivity index (χ4v) is 3.13. The molecule has 1 aromatic rings. The first kappa shape index (κ1) is 11.6. The van der Waals surface area contributed by atoms with E-state index in [0.717, 1.165) is 12.8 Å². The van der Waals surface area contributed by atoms with Crippen molar-refractivity contribution in [3.63, 3.8) is 0 Å². The van der Waals surface area contributed by atoms with Crippen molar-refractivity contribution in [2.45, 2.75) is 43.8 Å². The van der Waals surface area contributed by atoms with Crippen molar-refractivity contribution in [3.8, 4) is 0 Å². The minimum Gasteiger partial charge on any atom is -0.339 e. The number of carbonyl (C=O) groups is 1. The summed E-state index contributed by atoms with van der Waals surface area (Å²) < 4.78 is 0. The number of amides is 1. The minimum absolute atomic E-state index is 0.0520. The van der Waals surface area contributed by atoms with Crippen LogP contribution in [0.1, 0.15) is 36.0 Å². The molecule has 3 heterocycles. The van der Waals surface area contributed by atoms with E-state index in [1.807, 2.05) is 11.9 Å². The number of hydrogen-bond donors (Lipinski definition) is 1. The molecule has 2 fully saturated rings. The van der Waals surface area contributed by atoms with Crippen molar-refractivity contribution in [1.82, 2.24) is 20.4 Å². The van der Waals surface area contributed by atoms with Gasteiger partial charge in [-0.3, -0.25) is 4.79 Å². The molecule has 5 nitrogen and oxygen atoms in total. The van der Waals surface area contributed by atoms with E-state index < -0.39 is 0 Å². The summed E-state index contributed by atoms with van der Waals surface area (Å²) in [7, 11) is 1.90. The van der Waals surface area contributed by atoms with Crippen molar-refractivity contribution in [2.24, 2.45) is 0 Å². The molecule has 0 aromatic carbocycles. The highest BCUT2D eigenvalue weighted by molar-refractivity contribution is 5.93. The highest BCUT2D eigenvalue weighted by atomic mass is 16.2. The average molecular weight is 246 g/mol. The molecule has 1 N–H and O–H groups in total. The summed E-state index contributed by atoms with van der Waals surface area (Å²) in [5.41, 5.74) is 0.623. The maximum Gasteiger partial charge on any atom is 0.255 e. The van der Waals surface area contributed by atoms with E-state index in [2.05, 4.69) is 15.5 Å². The second-order valence-electron chi connectivity index (χ2n) is 5.31. The zero-order chi connectivity index (χ0) is 12.5. The second kappa shape index (κ2) is 4.65. The zero-order valence-corrected chi connectivity index (χ0v) is 10.5. The smallest absolute Gasteiger partial charge is 0.255 e. The van der Waals surface area contributed by atoms with Gasteiger partial charge in [0.05, 0.1) is 18.0 Å². The van der Waals surface area contributed by atoms with E-state index in [1.165, 1.54) is 19.0 Å². The third-order valence-electron chi connectivity index (χ3n) is 4.15. The van der Waals surface area contributed by atoms with Gasteiger partial charge in [-0.15, -0.1) is 0 Å². The number of rotatable bonds is 2. The van der Waals surface area contributed by atoms with Gasteiger partial charge >= 0.3 is 0 Å². The second-order valence-corrected chi connectivity index (χ2v) is 5.31. The SMILES string of the molecule is CN(C(=O)c1ccnnc1)C1CC2CCC(C1)N2. The summed E-state index contributed by atoms with van der Waals surface area (Å²) in [5, 5.41) is 11.1. The molecule has 2 bridgehead atoms. The molecule has 96 valence electrons. The standard InChI is InChI=1S/C13H18N4O/c1-17(13(18)9-4-5-14-15-8-9)12-6-10-2-3-11(7-12)16-10/h4-5,8,10-12,16H,2-3,6-7H2,1H3. The molecule has 2 unspecified atom stereocenters. The van der Waals surface area contributed by atoms with Crippen LogP contribution in [0.25, 0.3) is 0 Å². The van der Waals surface area contributed by atoms with Gasteiger partial charge in [0.15, 0.2) is 0 Å². The van der Waals surface area contributed by atoms with Gasteiger partial charge in [-0.2, -0.15) is 10.2 Å². The van der Waals surface area contributed by atoms with Gasteiger partial charge in [-0.1, -0.05) is 0 Å². The van der Waals surface area contributed by atoms with Crippen LogP contribution >= 0.6 is 0 Å². The maximum absolute atomic E-state index is 12.3. The average Bonchev–Trinajstić information content (AvgIpc) is 2.77. The van der Waals surface area contributed by atoms with Crippen molar-refractivity contribution >= 4 is 5.91 Å². The van der Waals surface area contributed by atoms with Crippen LogP contribution in [0.3, 0.4) is 0 Å². The van der Waals surface area contributed by atoms with Gasteiger partial charge in [0, 0.05) is 25.2 Å². The van der Waals surface area contributed by atoms with Crippen molar-refractivity contribution in [2.75, 3.05) is 7.05 Å². The van der Waals surface area contributed by atoms with E-state index in [9.17, 15) is 4.79 Å². The van der Waals surface area contributed by atoms with E-state index in [1.54, 1.807) is 12.3 Å². The predicted octanol–water partition coefficient (Wildman–Crippen LogP) is 0.832. The van der Waals surface area contributed by atoms with Crippen LogP contribution < -0.4 is 5.32 Å². The fraction of sp³-hybridized carbons (Fsp3) is 0.615. The van der Waals surface area contributed by atoms with Gasteiger partial charge in [0.1, 0.15) is 0 Å². The van der Waals surface area contributed by atoms with Gasteiger partial charge in [-0.25, -0.2) is 0 Å². The maximum atomic E-state index is 12.3. The molecule has 0 spiro atoms. The van der Waals surface area contributed by atoms with Crippen LogP contribution in [-0.2, 0) is 0 Å². The summed E-state index contributed by atoms with van der Waals surface area (Å²) >= 11 is 0. The van der Waals surface area contributed by atoms with Crippen LogP contribution in [0.2, 0.25) is 0 Å². The highest BCUT2D eigenvalue weighted by Crippen LogP contribution is 2.29. The minimum atomic E-state index is 0.0520. The fourth-order valence-electron chi connectivity index (χ4n) is 3.13. The molecule has 2 aliphatic heterocycles. The lowest BCUT2D eigenvalue weighted by atomic mass is 9.98. The molecule has 1 aromatic heterocycles. The lowest BCUT2D eigenvalue weighted by molar-refractivity contribution is 0.0681. The summed E-state index contributed by atoms with van der Waals surface area (Å²) in [6, 6.07) is 3.27. The summed E-state index contributed by atoms with van der Waals surface area (Å²) in [4.78, 5) is 14.2. The van der Waals surface area contributed by atoms with Gasteiger partial charge in [0.2, 0.25) is 0 Å². The summed E-state index contributed by atoms with van der Waals surface area (Å²) in [5.74, 6) is 0.0520. The molecular weight excluding hydrogens is 228 g/mol. The Kier molecular flexibility index (Phi) is 2.99. The van der Waals surface area contributed by atoms with Gasteiger partial charge in [0.25, 0.3) is 5.91 Å². The first-order valence-electron chi connectivity index (χ1n) is 6.54. The monoisotopic (exact) mass is 246 g/mol. The number of nitrogens with one attached hydrogen (secondary N) is 1. The topological polar surface area (TPSA) is 58.1 Å². The van der Waals surface area contributed by atoms with Crippen LogP contribution in [0.15, 0.2) is 18.5 Å². The largest absolute Gasteiger partial charge is 0.339 e. The normalized spacial score (nSPS) is 30.2. The van der Waals surface area contributed by atoms with Crippen LogP contribution in [-0.4, -0.2) is 46.2 Å². The van der Waals surface area contributed by atoms with Crippen molar-refractivity contribution < 1.29 is 4.79 Å². The first-order chi connectivity index (χ1) is 8.74. The molecule has 1 amide bonds. The molecule has 0 saturated carbocycles. The molecular formula is C13H18N4O. The number of piperidine rings is 1. The molecule has 2 aliphatic rings. The van der Waals surface area contributed by atoms with E-state index in [-0.39, 0.29) is 5.91 Å². The highest BCUT2D eigenvalue weighted by Gasteiger charge is 2.36. The van der Waals surface area contributed by atoms with Crippen LogP contribution in [0, 0.1) is 0 Å². The zero-order valence-electron chi connectivity index (χ0n) is 10.5. The summed E-state index contributed by atoms with van der Waals surface area (Å²) in [6.45, 7) is 0. The Bertz CT molecular complexity index is 424. The molecule has 0 radical (unpaired) electrons. The third kappa shape index (κ3) is 2.10. The van der Waals surface area contributed by atoms with Gasteiger partial charge in [-0.05, 0) is 31.7 Å². The number of hydrogen-bond acceptors (Lipinski definition) is 4. The number of aromatic nitrogens is 2. The Morgan fingerprint density at radius 3 is 2.67 bits per heavy atom. The quantitative estimate of drug-likeness (QED) is 0.840. The van der Waals surface area contributed by atoms with E-state index in [4.69, 9.17) is 0 Å². The van der Waals surface area contributed by atoms with Crippen LogP contribution in [0.4, 0.5) is 0 Å². The number of carbonyl (C=O) groups excluding carboxylic acids is 1. The number of nitrogens with zero attached hydrogens (tertiary/aromatic N) is 3. The molecule has 2 atom stereocenters. The van der Waals surface area contributed by atoms with E-state index >= 15 is 0 Å². The summed E-state index contributed by atoms with van der Waals surface area (Å²) in [6.07, 6.45) is 7.73. The van der Waals surface area contributed by atoms with Crippen LogP contribution in [0.5, 0.6) is 0 Å². The Labute approximate surface area is 107 Å². The van der Waals surface area contributed by atoms with Gasteiger partial charge < -0.3 is 10.2 Å². The Balaban J connectivity index is 1.71. The molecule has 18 heavy (non-hydrogen) atoms. The molecule has 2 saturated heterocycles.